The molecule has 0 bridgehead atoms. The summed E-state index contributed by atoms with van der Waals surface area (Å²) in [5.74, 6) is 5.31. The molecule has 0 aliphatic carbocycles. The van der Waals surface area contributed by atoms with Crippen molar-refractivity contribution in [3.63, 3.8) is 0 Å². The highest BCUT2D eigenvalue weighted by molar-refractivity contribution is 6.30. The summed E-state index contributed by atoms with van der Waals surface area (Å²) < 4.78 is 5.21. The number of carboxylic acids is 1. The lowest BCUT2D eigenvalue weighted by Crippen LogP contribution is -2.10. The van der Waals surface area contributed by atoms with E-state index in [0.29, 0.717) is 22.8 Å². The zero-order valence-corrected chi connectivity index (χ0v) is 13.8. The third-order valence-electron chi connectivity index (χ3n) is 3.04. The van der Waals surface area contributed by atoms with E-state index in [1.807, 2.05) is 24.3 Å². The maximum Gasteiger partial charge on any atom is 0.341 e. The number of carboxylic acid groups (broad SMARTS) is 1. The van der Waals surface area contributed by atoms with Gasteiger partial charge in [0.1, 0.15) is 11.5 Å². The Balaban J connectivity index is 2.21. The number of ether oxygens (including phenoxy) is 1. The highest BCUT2D eigenvalue weighted by Gasteiger charge is 2.05. The highest BCUT2D eigenvalue weighted by atomic mass is 35.5. The Hall–Kier alpha value is -2.77. The smallest absolute Gasteiger partial charge is 0.341 e. The van der Waals surface area contributed by atoms with E-state index < -0.39 is 12.6 Å². The SMILES string of the molecule is CC(=O)Cc1ccc(C#Cc2cc(Cl)ccc2OCC(=O)O)cc1. The molecule has 2 aromatic carbocycles. The number of ketones is 1. The van der Waals surface area contributed by atoms with Crippen LogP contribution in [0.15, 0.2) is 42.5 Å². The quantitative estimate of drug-likeness (QED) is 0.846. The number of halogens is 1. The van der Waals surface area contributed by atoms with Gasteiger partial charge in [0, 0.05) is 17.0 Å². The average molecular weight is 343 g/mol. The molecule has 0 radical (unpaired) electrons. The van der Waals surface area contributed by atoms with Gasteiger partial charge in [0.05, 0.1) is 5.56 Å². The van der Waals surface area contributed by atoms with Crippen molar-refractivity contribution in [3.05, 3.63) is 64.2 Å². The molecule has 0 heterocycles. The van der Waals surface area contributed by atoms with E-state index in [1.165, 1.54) is 0 Å². The van der Waals surface area contributed by atoms with Gasteiger partial charge in [-0.05, 0) is 42.8 Å². The van der Waals surface area contributed by atoms with Crippen LogP contribution in [0.1, 0.15) is 23.6 Å². The van der Waals surface area contributed by atoms with Crippen LogP contribution in [0.2, 0.25) is 5.02 Å². The molecule has 0 unspecified atom stereocenters. The zero-order valence-electron chi connectivity index (χ0n) is 13.0. The Kier molecular flexibility index (Phi) is 6.00. The molecule has 1 N–H and O–H groups in total. The lowest BCUT2D eigenvalue weighted by molar-refractivity contribution is -0.139. The van der Waals surface area contributed by atoms with Gasteiger partial charge in [-0.2, -0.15) is 0 Å². The topological polar surface area (TPSA) is 63.6 Å². The molecule has 0 atom stereocenters. The normalized spacial score (nSPS) is 9.75. The molecule has 2 aromatic rings. The minimum atomic E-state index is -1.06. The summed E-state index contributed by atoms with van der Waals surface area (Å²) in [7, 11) is 0. The van der Waals surface area contributed by atoms with Crippen LogP contribution in [-0.4, -0.2) is 23.5 Å². The first kappa shape index (κ1) is 17.6. The lowest BCUT2D eigenvalue weighted by Gasteiger charge is -2.06. The largest absolute Gasteiger partial charge is 0.481 e. The molecule has 4 nitrogen and oxygen atoms in total. The number of Topliss-reactive ketones (excluding diaryl/α,β-unsaturated/α-hetero) is 1. The summed E-state index contributed by atoms with van der Waals surface area (Å²) in [5, 5.41) is 9.19. The van der Waals surface area contributed by atoms with E-state index >= 15 is 0 Å². The number of rotatable bonds is 5. The molecule has 2 rings (SSSR count). The van der Waals surface area contributed by atoms with Gasteiger partial charge < -0.3 is 9.84 Å². The molecule has 0 spiro atoms. The van der Waals surface area contributed by atoms with Crippen LogP contribution in [0.5, 0.6) is 5.75 Å². The standard InChI is InChI=1S/C19H15ClO4/c1-13(21)10-15-4-2-14(3-5-15)6-7-16-11-17(20)8-9-18(16)24-12-19(22)23/h2-5,8-9,11H,10,12H2,1H3,(H,22,23). The first-order valence-corrected chi connectivity index (χ1v) is 7.56. The second-order valence-corrected chi connectivity index (χ2v) is 5.59. The molecule has 5 heteroatoms. The Morgan fingerprint density at radius 3 is 2.46 bits per heavy atom. The second-order valence-electron chi connectivity index (χ2n) is 5.15. The second kappa shape index (κ2) is 8.19. The fourth-order valence-electron chi connectivity index (χ4n) is 2.00. The third kappa shape index (κ3) is 5.45. The van der Waals surface area contributed by atoms with E-state index in [0.717, 1.165) is 11.1 Å². The van der Waals surface area contributed by atoms with Gasteiger partial charge in [-0.3, -0.25) is 4.79 Å². The first-order valence-electron chi connectivity index (χ1n) is 7.18. The maximum atomic E-state index is 11.1. The van der Waals surface area contributed by atoms with Crippen molar-refractivity contribution in [2.24, 2.45) is 0 Å². The monoisotopic (exact) mass is 342 g/mol. The van der Waals surface area contributed by atoms with E-state index in [1.54, 1.807) is 25.1 Å². The van der Waals surface area contributed by atoms with Gasteiger partial charge in [0.25, 0.3) is 0 Å². The molecule has 0 saturated heterocycles. The summed E-state index contributed by atoms with van der Waals surface area (Å²) in [6.07, 6.45) is 0.398. The molecule has 0 saturated carbocycles. The van der Waals surface area contributed by atoms with Crippen LogP contribution < -0.4 is 4.74 Å². The Morgan fingerprint density at radius 2 is 1.83 bits per heavy atom. The highest BCUT2D eigenvalue weighted by Crippen LogP contribution is 2.22. The molecular formula is C19H15ClO4. The van der Waals surface area contributed by atoms with Crippen molar-refractivity contribution in [2.75, 3.05) is 6.61 Å². The van der Waals surface area contributed by atoms with E-state index in [9.17, 15) is 9.59 Å². The number of benzene rings is 2. The minimum Gasteiger partial charge on any atom is -0.481 e. The van der Waals surface area contributed by atoms with Crippen LogP contribution in [0, 0.1) is 11.8 Å². The van der Waals surface area contributed by atoms with E-state index in [2.05, 4.69) is 11.8 Å². The molecule has 24 heavy (non-hydrogen) atoms. The Labute approximate surface area is 145 Å². The summed E-state index contributed by atoms with van der Waals surface area (Å²) >= 11 is 5.96. The van der Waals surface area contributed by atoms with Gasteiger partial charge in [0.15, 0.2) is 6.61 Å². The first-order chi connectivity index (χ1) is 11.4. The zero-order chi connectivity index (χ0) is 17.5. The van der Waals surface area contributed by atoms with E-state index in [-0.39, 0.29) is 5.78 Å². The lowest BCUT2D eigenvalue weighted by atomic mass is 10.1. The van der Waals surface area contributed by atoms with Crippen molar-refractivity contribution >= 4 is 23.4 Å². The third-order valence-corrected chi connectivity index (χ3v) is 3.28. The van der Waals surface area contributed by atoms with Crippen LogP contribution in [0.25, 0.3) is 0 Å². The molecule has 0 aliphatic heterocycles. The molecule has 122 valence electrons. The molecule has 0 aliphatic rings. The fraction of sp³-hybridized carbons (Fsp3) is 0.158. The summed E-state index contributed by atoms with van der Waals surface area (Å²) in [5.41, 5.74) is 2.21. The molecule has 0 aromatic heterocycles. The van der Waals surface area contributed by atoms with Crippen LogP contribution >= 0.6 is 11.6 Å². The van der Waals surface area contributed by atoms with Gasteiger partial charge in [-0.25, -0.2) is 4.79 Å². The van der Waals surface area contributed by atoms with Crippen molar-refractivity contribution in [2.45, 2.75) is 13.3 Å². The predicted molar refractivity (Wildman–Crippen MR) is 91.4 cm³/mol. The number of hydrogen-bond acceptors (Lipinski definition) is 3. The predicted octanol–water partition coefficient (Wildman–Crippen LogP) is 3.33. The molecule has 0 fully saturated rings. The summed E-state index contributed by atoms with van der Waals surface area (Å²) in [6.45, 7) is 1.10. The summed E-state index contributed by atoms with van der Waals surface area (Å²) in [4.78, 5) is 21.7. The van der Waals surface area contributed by atoms with E-state index in [4.69, 9.17) is 21.4 Å². The molecule has 0 amide bonds. The van der Waals surface area contributed by atoms with Crippen molar-refractivity contribution < 1.29 is 19.4 Å². The van der Waals surface area contributed by atoms with Gasteiger partial charge in [0.2, 0.25) is 0 Å². The Morgan fingerprint density at radius 1 is 1.12 bits per heavy atom. The average Bonchev–Trinajstić information content (AvgIpc) is 2.52. The van der Waals surface area contributed by atoms with Crippen molar-refractivity contribution in [1.29, 1.82) is 0 Å². The van der Waals surface area contributed by atoms with Crippen LogP contribution in [-0.2, 0) is 16.0 Å². The maximum absolute atomic E-state index is 11.1. The number of carbonyl (C=O) groups excluding carboxylic acids is 1. The number of carbonyl (C=O) groups is 2. The molecular weight excluding hydrogens is 328 g/mol. The van der Waals surface area contributed by atoms with Crippen molar-refractivity contribution in [3.8, 4) is 17.6 Å². The Bertz CT molecular complexity index is 813. The van der Waals surface area contributed by atoms with Crippen LogP contribution in [0.3, 0.4) is 0 Å². The van der Waals surface area contributed by atoms with Gasteiger partial charge in [-0.1, -0.05) is 35.6 Å². The van der Waals surface area contributed by atoms with Crippen molar-refractivity contribution in [1.82, 2.24) is 0 Å². The van der Waals surface area contributed by atoms with Gasteiger partial charge >= 0.3 is 5.97 Å². The summed E-state index contributed by atoms with van der Waals surface area (Å²) in [6, 6.07) is 12.2. The minimum absolute atomic E-state index is 0.105. The number of aliphatic carboxylic acids is 1. The van der Waals surface area contributed by atoms with Crippen LogP contribution in [0.4, 0.5) is 0 Å². The van der Waals surface area contributed by atoms with Gasteiger partial charge in [-0.15, -0.1) is 0 Å². The number of hydrogen-bond donors (Lipinski definition) is 1. The fourth-order valence-corrected chi connectivity index (χ4v) is 2.17.